The van der Waals surface area contributed by atoms with Crippen LogP contribution in [0.25, 0.3) is 10.2 Å². The SMILES string of the molecule is Cc1cc2c(cc(C(=O)NCc3ccccn3)n2Cc2ccc(F)cc2)s1. The van der Waals surface area contributed by atoms with Crippen LogP contribution in [0.4, 0.5) is 4.39 Å². The van der Waals surface area contributed by atoms with E-state index in [1.807, 2.05) is 35.8 Å². The minimum atomic E-state index is -0.267. The van der Waals surface area contributed by atoms with Crippen molar-refractivity contribution in [3.8, 4) is 0 Å². The summed E-state index contributed by atoms with van der Waals surface area (Å²) in [5.41, 5.74) is 3.36. The number of benzene rings is 1. The second-order valence-corrected chi connectivity index (χ2v) is 7.64. The Bertz CT molecular complexity index is 1080. The largest absolute Gasteiger partial charge is 0.345 e. The molecule has 0 aliphatic heterocycles. The van der Waals surface area contributed by atoms with Crippen molar-refractivity contribution < 1.29 is 9.18 Å². The van der Waals surface area contributed by atoms with Gasteiger partial charge in [-0.1, -0.05) is 18.2 Å². The van der Waals surface area contributed by atoms with Crippen molar-refractivity contribution in [3.63, 3.8) is 0 Å². The third-order valence-electron chi connectivity index (χ3n) is 4.36. The number of thiophene rings is 1. The highest BCUT2D eigenvalue weighted by molar-refractivity contribution is 7.19. The van der Waals surface area contributed by atoms with Crippen molar-refractivity contribution in [2.75, 3.05) is 0 Å². The monoisotopic (exact) mass is 379 g/mol. The molecule has 0 aliphatic carbocycles. The summed E-state index contributed by atoms with van der Waals surface area (Å²) in [6, 6.07) is 16.0. The summed E-state index contributed by atoms with van der Waals surface area (Å²) < 4.78 is 16.3. The second-order valence-electron chi connectivity index (χ2n) is 6.35. The maximum Gasteiger partial charge on any atom is 0.268 e. The number of hydrogen-bond donors (Lipinski definition) is 1. The van der Waals surface area contributed by atoms with Crippen molar-refractivity contribution in [3.05, 3.63) is 88.4 Å². The van der Waals surface area contributed by atoms with E-state index in [-0.39, 0.29) is 11.7 Å². The zero-order chi connectivity index (χ0) is 18.8. The Morgan fingerprint density at radius 1 is 1.19 bits per heavy atom. The second kappa shape index (κ2) is 7.32. The lowest BCUT2D eigenvalue weighted by Crippen LogP contribution is -2.26. The number of carbonyl (C=O) groups is 1. The van der Waals surface area contributed by atoms with E-state index in [2.05, 4.69) is 16.4 Å². The van der Waals surface area contributed by atoms with Crippen molar-refractivity contribution in [2.45, 2.75) is 20.0 Å². The number of aromatic nitrogens is 2. The number of aryl methyl sites for hydroxylation is 1. The van der Waals surface area contributed by atoms with Crippen LogP contribution in [0.15, 0.2) is 60.8 Å². The first kappa shape index (κ1) is 17.4. The summed E-state index contributed by atoms with van der Waals surface area (Å²) in [5, 5.41) is 2.94. The zero-order valence-corrected chi connectivity index (χ0v) is 15.6. The van der Waals surface area contributed by atoms with E-state index in [0.29, 0.717) is 18.8 Å². The van der Waals surface area contributed by atoms with E-state index >= 15 is 0 Å². The average molecular weight is 379 g/mol. The Kier molecular flexibility index (Phi) is 4.73. The van der Waals surface area contributed by atoms with Gasteiger partial charge >= 0.3 is 0 Å². The van der Waals surface area contributed by atoms with Crippen LogP contribution in [0.1, 0.15) is 26.6 Å². The molecule has 0 fully saturated rings. The molecule has 136 valence electrons. The van der Waals surface area contributed by atoms with Gasteiger partial charge in [-0.05, 0) is 48.9 Å². The molecule has 0 bridgehead atoms. The van der Waals surface area contributed by atoms with E-state index in [0.717, 1.165) is 21.5 Å². The Hall–Kier alpha value is -2.99. The van der Waals surface area contributed by atoms with Gasteiger partial charge in [0.2, 0.25) is 0 Å². The smallest absolute Gasteiger partial charge is 0.268 e. The van der Waals surface area contributed by atoms with Gasteiger partial charge in [0.1, 0.15) is 11.5 Å². The molecule has 3 heterocycles. The van der Waals surface area contributed by atoms with E-state index in [9.17, 15) is 9.18 Å². The Morgan fingerprint density at radius 2 is 2.00 bits per heavy atom. The number of nitrogens with one attached hydrogen (secondary N) is 1. The highest BCUT2D eigenvalue weighted by Crippen LogP contribution is 2.29. The lowest BCUT2D eigenvalue weighted by Gasteiger charge is -2.11. The van der Waals surface area contributed by atoms with Crippen LogP contribution in [-0.2, 0) is 13.1 Å². The number of hydrogen-bond acceptors (Lipinski definition) is 3. The molecule has 0 spiro atoms. The molecule has 4 aromatic rings. The number of pyridine rings is 1. The van der Waals surface area contributed by atoms with Crippen LogP contribution >= 0.6 is 11.3 Å². The standard InChI is InChI=1S/C21H18FN3OS/c1-14-10-18-20(27-14)11-19(21(26)24-12-17-4-2-3-9-23-17)25(18)13-15-5-7-16(22)8-6-15/h2-11H,12-13H2,1H3,(H,24,26). The van der Waals surface area contributed by atoms with Crippen molar-refractivity contribution in [2.24, 2.45) is 0 Å². The molecule has 0 radical (unpaired) electrons. The quantitative estimate of drug-likeness (QED) is 0.554. The first-order valence-corrected chi connectivity index (χ1v) is 9.44. The lowest BCUT2D eigenvalue weighted by atomic mass is 10.2. The van der Waals surface area contributed by atoms with Crippen molar-refractivity contribution in [1.82, 2.24) is 14.9 Å². The van der Waals surface area contributed by atoms with Gasteiger partial charge < -0.3 is 9.88 Å². The molecule has 27 heavy (non-hydrogen) atoms. The fourth-order valence-electron chi connectivity index (χ4n) is 3.06. The number of amides is 1. The number of fused-ring (bicyclic) bond motifs is 1. The predicted molar refractivity (Wildman–Crippen MR) is 105 cm³/mol. The molecule has 0 aliphatic rings. The van der Waals surface area contributed by atoms with Gasteiger partial charge in [-0.25, -0.2) is 4.39 Å². The van der Waals surface area contributed by atoms with Gasteiger partial charge in [0.05, 0.1) is 22.5 Å². The normalized spacial score (nSPS) is 11.0. The van der Waals surface area contributed by atoms with Crippen LogP contribution in [0.5, 0.6) is 0 Å². The summed E-state index contributed by atoms with van der Waals surface area (Å²) >= 11 is 1.66. The number of rotatable bonds is 5. The summed E-state index contributed by atoms with van der Waals surface area (Å²) in [4.78, 5) is 18.2. The summed E-state index contributed by atoms with van der Waals surface area (Å²) in [7, 11) is 0. The van der Waals surface area contributed by atoms with Gasteiger partial charge in [0.25, 0.3) is 5.91 Å². The van der Waals surface area contributed by atoms with Crippen molar-refractivity contribution >= 4 is 27.5 Å². The molecule has 3 aromatic heterocycles. The van der Waals surface area contributed by atoms with Gasteiger partial charge in [0.15, 0.2) is 0 Å². The summed E-state index contributed by atoms with van der Waals surface area (Å²) in [6.45, 7) is 2.92. The van der Waals surface area contributed by atoms with Crippen LogP contribution in [0.2, 0.25) is 0 Å². The highest BCUT2D eigenvalue weighted by Gasteiger charge is 2.17. The molecule has 0 saturated heterocycles. The van der Waals surface area contributed by atoms with E-state index in [4.69, 9.17) is 0 Å². The predicted octanol–water partition coefficient (Wildman–Crippen LogP) is 4.52. The number of halogens is 1. The van der Waals surface area contributed by atoms with E-state index in [1.54, 1.807) is 29.7 Å². The lowest BCUT2D eigenvalue weighted by molar-refractivity contribution is 0.0942. The summed E-state index contributed by atoms with van der Waals surface area (Å²) in [6.07, 6.45) is 1.71. The Morgan fingerprint density at radius 3 is 2.74 bits per heavy atom. The first-order chi connectivity index (χ1) is 13.1. The molecule has 0 unspecified atom stereocenters. The third-order valence-corrected chi connectivity index (χ3v) is 5.34. The third kappa shape index (κ3) is 3.75. The topological polar surface area (TPSA) is 46.9 Å². The number of carbonyl (C=O) groups excluding carboxylic acids is 1. The fourth-order valence-corrected chi connectivity index (χ4v) is 4.02. The highest BCUT2D eigenvalue weighted by atomic mass is 32.1. The molecular formula is C21H18FN3OS. The van der Waals surface area contributed by atoms with Crippen LogP contribution in [0.3, 0.4) is 0 Å². The maximum absolute atomic E-state index is 13.2. The average Bonchev–Trinajstić information content (AvgIpc) is 3.19. The molecule has 0 saturated carbocycles. The molecular weight excluding hydrogens is 361 g/mol. The molecule has 4 nitrogen and oxygen atoms in total. The molecule has 1 aromatic carbocycles. The fraction of sp³-hybridized carbons (Fsp3) is 0.143. The molecule has 1 amide bonds. The molecule has 6 heteroatoms. The Labute approximate surface area is 160 Å². The molecule has 4 rings (SSSR count). The zero-order valence-electron chi connectivity index (χ0n) is 14.8. The van der Waals surface area contributed by atoms with Crippen LogP contribution in [-0.4, -0.2) is 15.5 Å². The van der Waals surface area contributed by atoms with Crippen LogP contribution < -0.4 is 5.32 Å². The minimum Gasteiger partial charge on any atom is -0.345 e. The van der Waals surface area contributed by atoms with Crippen molar-refractivity contribution in [1.29, 1.82) is 0 Å². The number of nitrogens with zero attached hydrogens (tertiary/aromatic N) is 2. The van der Waals surface area contributed by atoms with Gasteiger partial charge in [-0.2, -0.15) is 0 Å². The van der Waals surface area contributed by atoms with Gasteiger partial charge in [-0.3, -0.25) is 9.78 Å². The van der Waals surface area contributed by atoms with Gasteiger partial charge in [-0.15, -0.1) is 11.3 Å². The first-order valence-electron chi connectivity index (χ1n) is 8.62. The van der Waals surface area contributed by atoms with E-state index < -0.39 is 0 Å². The summed E-state index contributed by atoms with van der Waals surface area (Å²) in [5.74, 6) is -0.417. The maximum atomic E-state index is 13.2. The van der Waals surface area contributed by atoms with Crippen LogP contribution in [0, 0.1) is 12.7 Å². The Balaban J connectivity index is 1.64. The minimum absolute atomic E-state index is 0.149. The molecule has 0 atom stereocenters. The molecule has 1 N–H and O–H groups in total. The van der Waals surface area contributed by atoms with E-state index in [1.165, 1.54) is 17.0 Å². The van der Waals surface area contributed by atoms with Gasteiger partial charge in [0, 0.05) is 17.6 Å².